The summed E-state index contributed by atoms with van der Waals surface area (Å²) in [6.07, 6.45) is -1.64. The van der Waals surface area contributed by atoms with Crippen LogP contribution in [0.25, 0.3) is 0 Å². The monoisotopic (exact) mass is 428 g/mol. The number of esters is 1. The van der Waals surface area contributed by atoms with E-state index in [4.69, 9.17) is 4.74 Å². The van der Waals surface area contributed by atoms with Crippen molar-refractivity contribution < 1.29 is 40.2 Å². The largest absolute Gasteiger partial charge is 0.466 e. The van der Waals surface area contributed by atoms with Crippen LogP contribution in [0.2, 0.25) is 0 Å². The summed E-state index contributed by atoms with van der Waals surface area (Å²) in [6.45, 7) is 3.25. The normalized spacial score (nSPS) is 55.3. The fourth-order valence-corrected chi connectivity index (χ4v) is 8.13. The Morgan fingerprint density at radius 1 is 1.10 bits per heavy atom. The lowest BCUT2D eigenvalue weighted by atomic mass is 9.40. The topological polar surface area (TPSA) is 148 Å². The lowest BCUT2D eigenvalue weighted by Crippen LogP contribution is -2.75. The van der Waals surface area contributed by atoms with Gasteiger partial charge in [-0.2, -0.15) is 0 Å². The second kappa shape index (κ2) is 7.12. The Morgan fingerprint density at radius 3 is 2.43 bits per heavy atom. The number of rotatable bonds is 3. The molecule has 0 aromatic rings. The molecule has 0 spiro atoms. The molecule has 8 heteroatoms. The fourth-order valence-electron chi connectivity index (χ4n) is 8.13. The number of carbonyl (C=O) groups is 1. The van der Waals surface area contributed by atoms with E-state index in [-0.39, 0.29) is 38.3 Å². The molecule has 8 nitrogen and oxygen atoms in total. The summed E-state index contributed by atoms with van der Waals surface area (Å²) in [7, 11) is 0. The summed E-state index contributed by atoms with van der Waals surface area (Å²) in [6, 6.07) is 0. The average molecular weight is 429 g/mol. The van der Waals surface area contributed by atoms with Crippen molar-refractivity contribution in [2.24, 2.45) is 28.6 Å². The van der Waals surface area contributed by atoms with Gasteiger partial charge in [-0.05, 0) is 44.9 Å². The summed E-state index contributed by atoms with van der Waals surface area (Å²) in [4.78, 5) is 12.6. The molecule has 6 N–H and O–H groups in total. The Hall–Kier alpha value is -0.770. The summed E-state index contributed by atoms with van der Waals surface area (Å²) in [5.41, 5.74) is -5.16. The lowest BCUT2D eigenvalue weighted by Gasteiger charge is -2.68. The van der Waals surface area contributed by atoms with Crippen LogP contribution < -0.4 is 0 Å². The van der Waals surface area contributed by atoms with E-state index >= 15 is 0 Å². The first kappa shape index (κ1) is 22.4. The Kier molecular flexibility index (Phi) is 5.32. The van der Waals surface area contributed by atoms with Crippen LogP contribution in [0.3, 0.4) is 0 Å². The first-order chi connectivity index (χ1) is 14.0. The molecule has 0 saturated heterocycles. The van der Waals surface area contributed by atoms with Crippen molar-refractivity contribution in [2.45, 2.75) is 88.3 Å². The fraction of sp³-hybridized carbons (Fsp3) is 0.955. The number of fused-ring (bicyclic) bond motifs is 5. The Bertz CT molecular complexity index is 701. The maximum absolute atomic E-state index is 12.6. The van der Waals surface area contributed by atoms with Gasteiger partial charge in [0.05, 0.1) is 54.1 Å². The van der Waals surface area contributed by atoms with Crippen molar-refractivity contribution >= 4 is 5.97 Å². The van der Waals surface area contributed by atoms with Crippen molar-refractivity contribution in [3.63, 3.8) is 0 Å². The Labute approximate surface area is 176 Å². The number of carbonyl (C=O) groups excluding carboxylic acids is 1. The first-order valence-electron chi connectivity index (χ1n) is 11.3. The van der Waals surface area contributed by atoms with E-state index < -0.39 is 64.7 Å². The molecule has 0 aromatic heterocycles. The third kappa shape index (κ3) is 2.58. The molecular formula is C22H36O8. The van der Waals surface area contributed by atoms with Gasteiger partial charge in [0.2, 0.25) is 0 Å². The Morgan fingerprint density at radius 2 is 1.80 bits per heavy atom. The number of aliphatic hydroxyl groups excluding tert-OH is 4. The highest BCUT2D eigenvalue weighted by Gasteiger charge is 2.75. The van der Waals surface area contributed by atoms with E-state index in [0.29, 0.717) is 19.3 Å². The average Bonchev–Trinajstić information content (AvgIpc) is 2.92. The molecule has 0 aliphatic heterocycles. The van der Waals surface area contributed by atoms with Crippen LogP contribution in [-0.2, 0) is 9.53 Å². The molecule has 0 bridgehead atoms. The van der Waals surface area contributed by atoms with Crippen molar-refractivity contribution in [1.29, 1.82) is 0 Å². The van der Waals surface area contributed by atoms with Crippen molar-refractivity contribution in [3.8, 4) is 0 Å². The maximum atomic E-state index is 12.6. The van der Waals surface area contributed by atoms with Crippen LogP contribution in [0, 0.1) is 28.6 Å². The van der Waals surface area contributed by atoms with Crippen LogP contribution in [0.5, 0.6) is 0 Å². The minimum Gasteiger partial charge on any atom is -0.466 e. The van der Waals surface area contributed by atoms with E-state index in [0.717, 1.165) is 0 Å². The minimum atomic E-state index is -1.54. The molecule has 4 aliphatic carbocycles. The van der Waals surface area contributed by atoms with Gasteiger partial charge in [-0.3, -0.25) is 4.79 Å². The zero-order chi connectivity index (χ0) is 22.1. The first-order valence-corrected chi connectivity index (χ1v) is 11.3. The summed E-state index contributed by atoms with van der Waals surface area (Å²) in [5, 5.41) is 66.5. The van der Waals surface area contributed by atoms with Gasteiger partial charge in [-0.25, -0.2) is 0 Å². The van der Waals surface area contributed by atoms with Crippen LogP contribution in [0.1, 0.15) is 58.8 Å². The van der Waals surface area contributed by atoms with Gasteiger partial charge in [-0.15, -0.1) is 0 Å². The number of hydrogen-bond acceptors (Lipinski definition) is 8. The molecule has 30 heavy (non-hydrogen) atoms. The van der Waals surface area contributed by atoms with E-state index in [1.54, 1.807) is 6.92 Å². The van der Waals surface area contributed by atoms with Gasteiger partial charge >= 0.3 is 5.97 Å². The van der Waals surface area contributed by atoms with Gasteiger partial charge in [0.1, 0.15) is 0 Å². The number of ether oxygens (including phenoxy) is 1. The summed E-state index contributed by atoms with van der Waals surface area (Å²) < 4.78 is 5.25. The second-order valence-corrected chi connectivity index (χ2v) is 10.5. The van der Waals surface area contributed by atoms with Gasteiger partial charge in [0.25, 0.3) is 0 Å². The van der Waals surface area contributed by atoms with Crippen molar-refractivity contribution in [2.75, 3.05) is 13.2 Å². The van der Waals surface area contributed by atoms with Gasteiger partial charge in [0, 0.05) is 24.2 Å². The maximum Gasteiger partial charge on any atom is 0.309 e. The van der Waals surface area contributed by atoms with Gasteiger partial charge < -0.3 is 35.4 Å². The lowest BCUT2D eigenvalue weighted by molar-refractivity contribution is -0.317. The predicted octanol–water partition coefficient (Wildman–Crippen LogP) is -0.287. The van der Waals surface area contributed by atoms with Crippen LogP contribution >= 0.6 is 0 Å². The second-order valence-electron chi connectivity index (χ2n) is 10.5. The van der Waals surface area contributed by atoms with E-state index in [1.165, 1.54) is 0 Å². The molecular weight excluding hydrogens is 392 g/mol. The predicted molar refractivity (Wildman–Crippen MR) is 105 cm³/mol. The highest BCUT2D eigenvalue weighted by atomic mass is 16.5. The summed E-state index contributed by atoms with van der Waals surface area (Å²) >= 11 is 0. The number of aliphatic hydroxyl groups is 6. The van der Waals surface area contributed by atoms with Crippen LogP contribution in [0.4, 0.5) is 0 Å². The highest BCUT2D eigenvalue weighted by Crippen LogP contribution is 2.69. The Balaban J connectivity index is 1.78. The zero-order valence-electron chi connectivity index (χ0n) is 17.8. The molecule has 4 rings (SSSR count). The standard InChI is InChI=1S/C22H36O8/c1-3-30-18(27)14-5-7-22(29)13-4-6-20(28)9-12(24)8-16(26)21(20,11-23)17(13)15(25)10-19(14,22)2/h12-17,23-26,28-29H,3-11H2,1-2H3/t12-,13-,14-,15+,16-,17-,19-,20+,21+,22-/m0/s1. The van der Waals surface area contributed by atoms with Crippen molar-refractivity contribution in [3.05, 3.63) is 0 Å². The van der Waals surface area contributed by atoms with Gasteiger partial charge in [0.15, 0.2) is 0 Å². The number of hydrogen-bond donors (Lipinski definition) is 6. The molecule has 10 atom stereocenters. The van der Waals surface area contributed by atoms with Crippen molar-refractivity contribution in [1.82, 2.24) is 0 Å². The zero-order valence-corrected chi connectivity index (χ0v) is 17.8. The van der Waals surface area contributed by atoms with E-state index in [1.807, 2.05) is 6.92 Å². The minimum absolute atomic E-state index is 0.0000423. The third-order valence-corrected chi connectivity index (χ3v) is 9.49. The SMILES string of the molecule is CCOC(=O)[C@@H]1CC[C@]2(O)[C@H]3CC[C@@]4(O)C[C@@H](O)C[C@H](O)[C@]4(CO)[C@@H]3[C@H](O)C[C@@]12C. The molecule has 0 aromatic carbocycles. The quantitative estimate of drug-likeness (QED) is 0.336. The molecule has 4 fully saturated rings. The summed E-state index contributed by atoms with van der Waals surface area (Å²) in [5.74, 6) is -2.15. The smallest absolute Gasteiger partial charge is 0.309 e. The molecule has 0 heterocycles. The molecule has 4 saturated carbocycles. The van der Waals surface area contributed by atoms with Crippen LogP contribution in [0.15, 0.2) is 0 Å². The van der Waals surface area contributed by atoms with E-state index in [2.05, 4.69) is 0 Å². The third-order valence-electron chi connectivity index (χ3n) is 9.49. The molecule has 4 aliphatic rings. The van der Waals surface area contributed by atoms with Crippen LogP contribution in [-0.4, -0.2) is 79.3 Å². The highest BCUT2D eigenvalue weighted by molar-refractivity contribution is 5.74. The van der Waals surface area contributed by atoms with Gasteiger partial charge in [-0.1, -0.05) is 6.92 Å². The molecule has 0 unspecified atom stereocenters. The molecule has 0 radical (unpaired) electrons. The molecule has 172 valence electrons. The molecule has 0 amide bonds. The van der Waals surface area contributed by atoms with E-state index in [9.17, 15) is 35.4 Å².